The van der Waals surface area contributed by atoms with E-state index in [0.717, 1.165) is 34.8 Å². The molecule has 0 saturated carbocycles. The maximum Gasteiger partial charge on any atom is 0.241 e. The number of nitrogens with one attached hydrogen (secondary N) is 1. The Balaban J connectivity index is 1.35. The van der Waals surface area contributed by atoms with Crippen LogP contribution in [-0.4, -0.2) is 40.2 Å². The molecule has 1 fully saturated rings. The van der Waals surface area contributed by atoms with Gasteiger partial charge in [0.15, 0.2) is 0 Å². The molecule has 3 aromatic carbocycles. The Morgan fingerprint density at radius 3 is 2.37 bits per heavy atom. The van der Waals surface area contributed by atoms with Crippen LogP contribution in [0.4, 0.5) is 11.4 Å². The van der Waals surface area contributed by atoms with Crippen LogP contribution in [-0.2, 0) is 21.4 Å². The number of rotatable bonds is 10. The number of amides is 1. The first-order valence-electron chi connectivity index (χ1n) is 13.1. The fourth-order valence-electron chi connectivity index (χ4n) is 4.75. The van der Waals surface area contributed by atoms with Gasteiger partial charge >= 0.3 is 0 Å². The number of benzene rings is 3. The number of carbonyl (C=O) groups excluding carboxylic acids is 1. The van der Waals surface area contributed by atoms with Crippen LogP contribution in [0.25, 0.3) is 0 Å². The van der Waals surface area contributed by atoms with Crippen LogP contribution in [0.3, 0.4) is 0 Å². The predicted octanol–water partition coefficient (Wildman–Crippen LogP) is 5.15. The Labute approximate surface area is 226 Å². The molecule has 0 spiro atoms. The number of nitrogens with zero attached hydrogens (tertiary/aromatic N) is 2. The second-order valence-corrected chi connectivity index (χ2v) is 12.0. The molecule has 0 aliphatic carbocycles. The van der Waals surface area contributed by atoms with E-state index >= 15 is 0 Å². The predicted molar refractivity (Wildman–Crippen MR) is 153 cm³/mol. The average Bonchev–Trinajstić information content (AvgIpc) is 2.91. The van der Waals surface area contributed by atoms with Crippen molar-refractivity contribution in [2.24, 2.45) is 5.92 Å². The number of hydrogen-bond acceptors (Lipinski definition) is 5. The fraction of sp³-hybridized carbons (Fsp3) is 0.367. The Morgan fingerprint density at radius 2 is 1.74 bits per heavy atom. The van der Waals surface area contributed by atoms with Crippen LogP contribution in [0, 0.1) is 5.92 Å². The van der Waals surface area contributed by atoms with Crippen molar-refractivity contribution in [2.75, 3.05) is 35.1 Å². The van der Waals surface area contributed by atoms with Gasteiger partial charge in [0.2, 0.25) is 15.9 Å². The summed E-state index contributed by atoms with van der Waals surface area (Å²) in [6.45, 7) is 6.42. The lowest BCUT2D eigenvalue weighted by atomic mass is 9.99. The van der Waals surface area contributed by atoms with Gasteiger partial charge in [-0.1, -0.05) is 49.4 Å². The standard InChI is InChI=1S/C30H37N3O4S/c1-23-8-7-19-32(20-23)27-13-11-26(12-14-27)24(2)31-30(34)21-33(38(3,35)36)28-15-17-29(18-16-28)37-22-25-9-5-4-6-10-25/h4-6,9-18,23-24H,7-8,19-22H2,1-3H3,(H,31,34). The zero-order valence-electron chi connectivity index (χ0n) is 22.3. The van der Waals surface area contributed by atoms with E-state index in [2.05, 4.69) is 29.3 Å². The average molecular weight is 536 g/mol. The van der Waals surface area contributed by atoms with Crippen molar-refractivity contribution < 1.29 is 17.9 Å². The molecule has 2 atom stereocenters. The van der Waals surface area contributed by atoms with Gasteiger partial charge in [0, 0.05) is 18.8 Å². The van der Waals surface area contributed by atoms with Crippen molar-refractivity contribution in [1.29, 1.82) is 0 Å². The van der Waals surface area contributed by atoms with Gasteiger partial charge in [0.05, 0.1) is 18.0 Å². The molecule has 1 saturated heterocycles. The van der Waals surface area contributed by atoms with E-state index in [-0.39, 0.29) is 18.5 Å². The van der Waals surface area contributed by atoms with Crippen LogP contribution in [0.2, 0.25) is 0 Å². The summed E-state index contributed by atoms with van der Waals surface area (Å²) >= 11 is 0. The molecule has 1 aliphatic heterocycles. The molecule has 2 unspecified atom stereocenters. The highest BCUT2D eigenvalue weighted by molar-refractivity contribution is 7.92. The topological polar surface area (TPSA) is 79.0 Å². The largest absolute Gasteiger partial charge is 0.489 e. The van der Waals surface area contributed by atoms with E-state index in [0.29, 0.717) is 24.0 Å². The third kappa shape index (κ3) is 7.51. The van der Waals surface area contributed by atoms with Crippen LogP contribution >= 0.6 is 0 Å². The Bertz CT molecular complexity index is 1300. The molecule has 0 bridgehead atoms. The number of anilines is 2. The molecular weight excluding hydrogens is 498 g/mol. The van der Waals surface area contributed by atoms with Crippen LogP contribution in [0.1, 0.15) is 43.9 Å². The van der Waals surface area contributed by atoms with Crippen molar-refractivity contribution in [1.82, 2.24) is 5.32 Å². The Hall–Kier alpha value is -3.52. The van der Waals surface area contributed by atoms with E-state index < -0.39 is 10.0 Å². The van der Waals surface area contributed by atoms with Crippen molar-refractivity contribution in [3.05, 3.63) is 90.0 Å². The maximum absolute atomic E-state index is 12.9. The van der Waals surface area contributed by atoms with E-state index in [4.69, 9.17) is 4.74 Å². The van der Waals surface area contributed by atoms with Gasteiger partial charge in [-0.2, -0.15) is 0 Å². The van der Waals surface area contributed by atoms with E-state index in [1.807, 2.05) is 49.4 Å². The number of carbonyl (C=O) groups is 1. The molecule has 4 rings (SSSR count). The molecule has 1 heterocycles. The second kappa shape index (κ2) is 12.3. The summed E-state index contributed by atoms with van der Waals surface area (Å²) in [5.41, 5.74) is 3.61. The van der Waals surface area contributed by atoms with Crippen LogP contribution < -0.4 is 19.3 Å². The number of hydrogen-bond donors (Lipinski definition) is 1. The highest BCUT2D eigenvalue weighted by Crippen LogP contribution is 2.25. The first-order valence-corrected chi connectivity index (χ1v) is 14.9. The minimum atomic E-state index is -3.68. The normalized spacial score (nSPS) is 16.5. The Kier molecular flexibility index (Phi) is 8.94. The van der Waals surface area contributed by atoms with E-state index in [1.165, 1.54) is 18.5 Å². The summed E-state index contributed by atoms with van der Waals surface area (Å²) in [5.74, 6) is 0.935. The maximum atomic E-state index is 12.9. The van der Waals surface area contributed by atoms with Gasteiger partial charge in [0.25, 0.3) is 0 Å². The first kappa shape index (κ1) is 27.5. The molecule has 0 radical (unpaired) electrons. The monoisotopic (exact) mass is 535 g/mol. The second-order valence-electron chi connectivity index (χ2n) is 10.1. The summed E-state index contributed by atoms with van der Waals surface area (Å²) in [6.07, 6.45) is 3.58. The lowest BCUT2D eigenvalue weighted by Crippen LogP contribution is -2.41. The van der Waals surface area contributed by atoms with Gasteiger partial charge < -0.3 is 15.0 Å². The molecule has 38 heavy (non-hydrogen) atoms. The summed E-state index contributed by atoms with van der Waals surface area (Å²) < 4.78 is 32.0. The molecule has 1 amide bonds. The van der Waals surface area contributed by atoms with Gasteiger partial charge in [-0.05, 0) is 73.2 Å². The van der Waals surface area contributed by atoms with Gasteiger partial charge in [-0.25, -0.2) is 8.42 Å². The third-order valence-corrected chi connectivity index (χ3v) is 7.99. The molecular formula is C30H37N3O4S. The van der Waals surface area contributed by atoms with Crippen LogP contribution in [0.15, 0.2) is 78.9 Å². The molecule has 0 aromatic heterocycles. The zero-order valence-corrected chi connectivity index (χ0v) is 23.2. The van der Waals surface area contributed by atoms with Gasteiger partial charge in [0.1, 0.15) is 18.9 Å². The van der Waals surface area contributed by atoms with Gasteiger partial charge in [-0.15, -0.1) is 0 Å². The Morgan fingerprint density at radius 1 is 1.05 bits per heavy atom. The lowest BCUT2D eigenvalue weighted by molar-refractivity contribution is -0.120. The van der Waals surface area contributed by atoms with Crippen molar-refractivity contribution >= 4 is 27.3 Å². The molecule has 1 aliphatic rings. The van der Waals surface area contributed by atoms with Crippen molar-refractivity contribution in [2.45, 2.75) is 39.3 Å². The number of ether oxygens (including phenoxy) is 1. The molecule has 7 nitrogen and oxygen atoms in total. The fourth-order valence-corrected chi connectivity index (χ4v) is 5.60. The zero-order chi connectivity index (χ0) is 27.1. The van der Waals surface area contributed by atoms with E-state index in [1.54, 1.807) is 24.3 Å². The van der Waals surface area contributed by atoms with E-state index in [9.17, 15) is 13.2 Å². The highest BCUT2D eigenvalue weighted by atomic mass is 32.2. The minimum absolute atomic E-state index is 0.257. The molecule has 3 aromatic rings. The van der Waals surface area contributed by atoms with Crippen molar-refractivity contribution in [3.63, 3.8) is 0 Å². The number of piperidine rings is 1. The summed E-state index contributed by atoms with van der Waals surface area (Å²) in [4.78, 5) is 15.3. The quantitative estimate of drug-likeness (QED) is 0.389. The first-order chi connectivity index (χ1) is 18.2. The number of sulfonamides is 1. The SMILES string of the molecule is CC1CCCN(c2ccc(C(C)NC(=O)CN(c3ccc(OCc4ccccc4)cc3)S(C)(=O)=O)cc2)C1. The highest BCUT2D eigenvalue weighted by Gasteiger charge is 2.22. The summed E-state index contributed by atoms with van der Waals surface area (Å²) in [7, 11) is -3.68. The molecule has 1 N–H and O–H groups in total. The summed E-state index contributed by atoms with van der Waals surface area (Å²) in [6, 6.07) is 24.5. The minimum Gasteiger partial charge on any atom is -0.489 e. The molecule has 202 valence electrons. The van der Waals surface area contributed by atoms with Crippen LogP contribution in [0.5, 0.6) is 5.75 Å². The van der Waals surface area contributed by atoms with Crippen molar-refractivity contribution in [3.8, 4) is 5.75 Å². The third-order valence-electron chi connectivity index (χ3n) is 6.85. The molecule has 8 heteroatoms. The smallest absolute Gasteiger partial charge is 0.241 e. The lowest BCUT2D eigenvalue weighted by Gasteiger charge is -2.33. The summed E-state index contributed by atoms with van der Waals surface area (Å²) in [5, 5.41) is 2.94. The van der Waals surface area contributed by atoms with Gasteiger partial charge in [-0.3, -0.25) is 9.10 Å².